The summed E-state index contributed by atoms with van der Waals surface area (Å²) < 4.78 is 0. The van der Waals surface area contributed by atoms with Crippen molar-refractivity contribution in [3.63, 3.8) is 0 Å². The maximum atomic E-state index is 12.7. The van der Waals surface area contributed by atoms with Gasteiger partial charge in [0.1, 0.15) is 23.9 Å². The fourth-order valence-electron chi connectivity index (χ4n) is 2.81. The summed E-state index contributed by atoms with van der Waals surface area (Å²) >= 11 is 3.97. The van der Waals surface area contributed by atoms with Gasteiger partial charge in [-0.3, -0.25) is 14.4 Å². The normalized spacial score (nSPS) is 14.7. The highest BCUT2D eigenvalue weighted by Gasteiger charge is 2.28. The lowest BCUT2D eigenvalue weighted by Gasteiger charge is -2.24. The Morgan fingerprint density at radius 2 is 1.50 bits per heavy atom. The number of hydrogen-bond acceptors (Lipinski definition) is 7. The molecular formula is C21H32N4O6S. The minimum absolute atomic E-state index is 0.00430. The highest BCUT2D eigenvalue weighted by atomic mass is 32.1. The average Bonchev–Trinajstić information content (AvgIpc) is 2.72. The van der Waals surface area contributed by atoms with Crippen LogP contribution < -0.4 is 21.7 Å². The van der Waals surface area contributed by atoms with E-state index in [0.29, 0.717) is 12.0 Å². The first-order valence-corrected chi connectivity index (χ1v) is 10.9. The zero-order chi connectivity index (χ0) is 24.4. The van der Waals surface area contributed by atoms with Gasteiger partial charge in [-0.05, 0) is 37.0 Å². The van der Waals surface area contributed by atoms with Crippen molar-refractivity contribution in [2.24, 2.45) is 11.7 Å². The quantitative estimate of drug-likeness (QED) is 0.208. The number of nitrogens with one attached hydrogen (secondary N) is 3. The smallest absolute Gasteiger partial charge is 0.326 e. The minimum Gasteiger partial charge on any atom is -0.508 e. The second-order valence-electron chi connectivity index (χ2n) is 7.98. The Labute approximate surface area is 192 Å². The van der Waals surface area contributed by atoms with Crippen LogP contribution in [0.3, 0.4) is 0 Å². The van der Waals surface area contributed by atoms with Gasteiger partial charge in [-0.15, -0.1) is 0 Å². The summed E-state index contributed by atoms with van der Waals surface area (Å²) in [7, 11) is 0. The number of amides is 3. The molecule has 4 unspecified atom stereocenters. The lowest BCUT2D eigenvalue weighted by atomic mass is 10.0. The van der Waals surface area contributed by atoms with Crippen LogP contribution in [0.1, 0.15) is 32.8 Å². The van der Waals surface area contributed by atoms with Crippen LogP contribution in [0, 0.1) is 5.92 Å². The van der Waals surface area contributed by atoms with E-state index in [-0.39, 0.29) is 23.8 Å². The van der Waals surface area contributed by atoms with E-state index in [2.05, 4.69) is 28.6 Å². The maximum Gasteiger partial charge on any atom is 0.326 e. The highest BCUT2D eigenvalue weighted by Crippen LogP contribution is 2.12. The molecule has 1 rings (SSSR count). The average molecular weight is 469 g/mol. The molecule has 0 spiro atoms. The van der Waals surface area contributed by atoms with Gasteiger partial charge in [0, 0.05) is 12.2 Å². The molecule has 0 aromatic heterocycles. The predicted octanol–water partition coefficient (Wildman–Crippen LogP) is -0.203. The summed E-state index contributed by atoms with van der Waals surface area (Å²) in [6.07, 6.45) is 0.319. The molecule has 0 radical (unpaired) electrons. The number of phenolic OH excluding ortho intramolecular Hbond substituents is 1. The molecule has 11 heteroatoms. The SMILES string of the molecule is CC(C)CC(NC(=O)C(N)CS)C(=O)NC(C)C(=O)NC(Cc1ccc(O)cc1)C(=O)O. The molecule has 1 aromatic carbocycles. The summed E-state index contributed by atoms with van der Waals surface area (Å²) in [6, 6.07) is 1.88. The van der Waals surface area contributed by atoms with Crippen LogP contribution in [-0.2, 0) is 25.6 Å². The van der Waals surface area contributed by atoms with E-state index in [1.165, 1.54) is 19.1 Å². The van der Waals surface area contributed by atoms with Crippen LogP contribution in [0.2, 0.25) is 0 Å². The van der Waals surface area contributed by atoms with Crippen LogP contribution in [-0.4, -0.2) is 63.8 Å². The van der Waals surface area contributed by atoms with Crippen LogP contribution in [0.25, 0.3) is 0 Å². The number of rotatable bonds is 12. The third-order valence-electron chi connectivity index (χ3n) is 4.62. The number of aliphatic carboxylic acids is 1. The van der Waals surface area contributed by atoms with Crippen molar-refractivity contribution in [2.75, 3.05) is 5.75 Å². The fraction of sp³-hybridized carbons (Fsp3) is 0.524. The molecule has 3 amide bonds. The summed E-state index contributed by atoms with van der Waals surface area (Å²) in [4.78, 5) is 48.8. The molecule has 0 aliphatic heterocycles. The molecule has 0 aliphatic rings. The molecule has 0 saturated heterocycles. The van der Waals surface area contributed by atoms with Crippen molar-refractivity contribution in [2.45, 2.75) is 57.8 Å². The monoisotopic (exact) mass is 468 g/mol. The van der Waals surface area contributed by atoms with Gasteiger partial charge < -0.3 is 31.9 Å². The number of hydrogen-bond donors (Lipinski definition) is 7. The molecule has 0 saturated carbocycles. The lowest BCUT2D eigenvalue weighted by molar-refractivity contribution is -0.142. The van der Waals surface area contributed by atoms with Gasteiger partial charge in [0.2, 0.25) is 17.7 Å². The molecule has 1 aromatic rings. The molecule has 4 atom stereocenters. The Kier molecular flexibility index (Phi) is 11.0. The first-order valence-electron chi connectivity index (χ1n) is 10.2. The number of nitrogens with two attached hydrogens (primary N) is 1. The molecule has 32 heavy (non-hydrogen) atoms. The fourth-order valence-corrected chi connectivity index (χ4v) is 2.97. The van der Waals surface area contributed by atoms with Gasteiger partial charge in [0.05, 0.1) is 6.04 Å². The van der Waals surface area contributed by atoms with E-state index >= 15 is 0 Å². The first kappa shape index (κ1) is 27.2. The molecule has 0 bridgehead atoms. The van der Waals surface area contributed by atoms with Gasteiger partial charge in [-0.1, -0.05) is 26.0 Å². The van der Waals surface area contributed by atoms with Gasteiger partial charge in [0.25, 0.3) is 0 Å². The maximum absolute atomic E-state index is 12.7. The number of thiol groups is 1. The van der Waals surface area contributed by atoms with Gasteiger partial charge in [0.15, 0.2) is 0 Å². The van der Waals surface area contributed by atoms with Crippen molar-refractivity contribution >= 4 is 36.3 Å². The Balaban J connectivity index is 2.78. The van der Waals surface area contributed by atoms with E-state index in [1.807, 2.05) is 13.8 Å². The molecule has 0 aliphatic carbocycles. The van der Waals surface area contributed by atoms with Crippen molar-refractivity contribution in [1.29, 1.82) is 0 Å². The first-order chi connectivity index (χ1) is 14.9. The van der Waals surface area contributed by atoms with Crippen LogP contribution in [0.5, 0.6) is 5.75 Å². The van der Waals surface area contributed by atoms with E-state index in [9.17, 15) is 29.4 Å². The largest absolute Gasteiger partial charge is 0.508 e. The van der Waals surface area contributed by atoms with Crippen molar-refractivity contribution in [1.82, 2.24) is 16.0 Å². The van der Waals surface area contributed by atoms with Crippen LogP contribution in [0.15, 0.2) is 24.3 Å². The van der Waals surface area contributed by atoms with Crippen LogP contribution in [0.4, 0.5) is 0 Å². The van der Waals surface area contributed by atoms with E-state index in [1.54, 1.807) is 12.1 Å². The number of carboxylic acid groups (broad SMARTS) is 1. The molecule has 178 valence electrons. The summed E-state index contributed by atoms with van der Waals surface area (Å²) in [5, 5.41) is 26.3. The van der Waals surface area contributed by atoms with Crippen molar-refractivity contribution in [3.05, 3.63) is 29.8 Å². The third-order valence-corrected chi connectivity index (χ3v) is 5.01. The predicted molar refractivity (Wildman–Crippen MR) is 122 cm³/mol. The molecule has 10 nitrogen and oxygen atoms in total. The number of carbonyl (C=O) groups excluding carboxylic acids is 3. The Morgan fingerprint density at radius 3 is 2.00 bits per heavy atom. The summed E-state index contributed by atoms with van der Waals surface area (Å²) in [6.45, 7) is 5.17. The molecule has 0 heterocycles. The van der Waals surface area contributed by atoms with E-state index in [0.717, 1.165) is 0 Å². The Morgan fingerprint density at radius 1 is 0.938 bits per heavy atom. The zero-order valence-electron chi connectivity index (χ0n) is 18.4. The Hall–Kier alpha value is -2.79. The second-order valence-corrected chi connectivity index (χ2v) is 8.35. The number of aromatic hydroxyl groups is 1. The number of benzene rings is 1. The van der Waals surface area contributed by atoms with Crippen LogP contribution >= 0.6 is 12.6 Å². The number of carbonyl (C=O) groups is 4. The summed E-state index contributed by atoms with van der Waals surface area (Å²) in [5.41, 5.74) is 6.25. The molecule has 0 fully saturated rings. The van der Waals surface area contributed by atoms with Gasteiger partial charge in [-0.2, -0.15) is 12.6 Å². The van der Waals surface area contributed by atoms with E-state index in [4.69, 9.17) is 5.73 Å². The topological polar surface area (TPSA) is 171 Å². The minimum atomic E-state index is -1.24. The molecular weight excluding hydrogens is 436 g/mol. The second kappa shape index (κ2) is 12.9. The van der Waals surface area contributed by atoms with Crippen molar-refractivity contribution in [3.8, 4) is 5.75 Å². The summed E-state index contributed by atoms with van der Waals surface area (Å²) in [5.74, 6) is -2.81. The van der Waals surface area contributed by atoms with Gasteiger partial charge in [-0.25, -0.2) is 4.79 Å². The standard InChI is InChI=1S/C21H32N4O6S/c1-11(2)8-16(24-19(28)15(22)10-32)20(29)23-12(3)18(27)25-17(21(30)31)9-13-4-6-14(26)7-5-13/h4-7,11-12,15-17,26,32H,8-10,22H2,1-3H3,(H,23,29)(H,24,28)(H,25,27)(H,30,31). The van der Waals surface area contributed by atoms with Gasteiger partial charge >= 0.3 is 5.97 Å². The number of carboxylic acids is 1. The van der Waals surface area contributed by atoms with E-state index < -0.39 is 47.9 Å². The highest BCUT2D eigenvalue weighted by molar-refractivity contribution is 7.80. The Bertz CT molecular complexity index is 802. The molecule has 7 N–H and O–H groups in total. The zero-order valence-corrected chi connectivity index (χ0v) is 19.3. The number of phenols is 1. The van der Waals surface area contributed by atoms with Crippen molar-refractivity contribution < 1.29 is 29.4 Å². The lowest BCUT2D eigenvalue weighted by Crippen LogP contribution is -2.56. The third kappa shape index (κ3) is 9.15.